The normalized spacial score (nSPS) is 11.2. The van der Waals surface area contributed by atoms with Crippen molar-refractivity contribution in [3.8, 4) is 0 Å². The Labute approximate surface area is 136 Å². The first kappa shape index (κ1) is 17.2. The van der Waals surface area contributed by atoms with E-state index in [1.54, 1.807) is 0 Å². The molecule has 0 spiro atoms. The van der Waals surface area contributed by atoms with Crippen molar-refractivity contribution in [2.75, 3.05) is 6.54 Å². The van der Waals surface area contributed by atoms with Crippen LogP contribution in [0.15, 0.2) is 59.5 Å². The minimum Gasteiger partial charge on any atom is -0.352 e. The fourth-order valence-electron chi connectivity index (χ4n) is 1.98. The van der Waals surface area contributed by atoms with Crippen LogP contribution in [-0.4, -0.2) is 20.9 Å². The molecule has 2 rings (SSSR count). The first-order valence-electron chi connectivity index (χ1n) is 7.45. The Hall–Kier alpha value is -2.18. The van der Waals surface area contributed by atoms with Crippen molar-refractivity contribution in [2.45, 2.75) is 24.8 Å². The number of carbonyl (C=O) groups is 1. The molecule has 2 aromatic carbocycles. The summed E-state index contributed by atoms with van der Waals surface area (Å²) in [5.74, 6) is -0.201. The third-order valence-corrected chi connectivity index (χ3v) is 4.69. The van der Waals surface area contributed by atoms with E-state index in [4.69, 9.17) is 0 Å². The van der Waals surface area contributed by atoms with Gasteiger partial charge in [0.1, 0.15) is 0 Å². The largest absolute Gasteiger partial charge is 0.352 e. The van der Waals surface area contributed by atoms with Gasteiger partial charge in [-0.15, -0.1) is 0 Å². The molecule has 1 amide bonds. The molecule has 0 unspecified atom stereocenters. The quantitative estimate of drug-likeness (QED) is 0.817. The highest BCUT2D eigenvalue weighted by atomic mass is 32.2. The lowest BCUT2D eigenvalue weighted by Crippen LogP contribution is -2.25. The van der Waals surface area contributed by atoms with E-state index >= 15 is 0 Å². The molecule has 0 heterocycles. The van der Waals surface area contributed by atoms with E-state index in [2.05, 4.69) is 10.0 Å². The molecule has 0 bridgehead atoms. The maximum atomic E-state index is 12.2. The third-order valence-electron chi connectivity index (χ3n) is 3.27. The predicted octanol–water partition coefficient (Wildman–Crippen LogP) is 2.30. The standard InChI is InChI=1S/C17H20N2O3S/c1-2-12-18-17(20)15-8-10-16(11-9-15)23(21,22)19-13-14-6-4-3-5-7-14/h3-11,19H,2,12-13H2,1H3,(H,18,20). The summed E-state index contributed by atoms with van der Waals surface area (Å²) in [5, 5.41) is 2.75. The van der Waals surface area contributed by atoms with Crippen LogP contribution in [0.3, 0.4) is 0 Å². The maximum Gasteiger partial charge on any atom is 0.251 e. The molecule has 0 atom stereocenters. The van der Waals surface area contributed by atoms with Crippen molar-refractivity contribution in [1.82, 2.24) is 10.0 Å². The first-order valence-corrected chi connectivity index (χ1v) is 8.93. The monoisotopic (exact) mass is 332 g/mol. The predicted molar refractivity (Wildman–Crippen MR) is 89.5 cm³/mol. The molecule has 0 saturated carbocycles. The Balaban J connectivity index is 2.04. The molecule has 122 valence electrons. The molecule has 0 radical (unpaired) electrons. The van der Waals surface area contributed by atoms with Gasteiger partial charge in [-0.2, -0.15) is 0 Å². The molecule has 0 aliphatic rings. The summed E-state index contributed by atoms with van der Waals surface area (Å²) in [4.78, 5) is 11.9. The maximum absolute atomic E-state index is 12.2. The highest BCUT2D eigenvalue weighted by molar-refractivity contribution is 7.89. The molecule has 2 aromatic rings. The second-order valence-electron chi connectivity index (χ2n) is 5.09. The molecule has 23 heavy (non-hydrogen) atoms. The Morgan fingerprint density at radius 2 is 1.65 bits per heavy atom. The van der Waals surface area contributed by atoms with Crippen LogP contribution >= 0.6 is 0 Å². The third kappa shape index (κ3) is 4.91. The zero-order valence-electron chi connectivity index (χ0n) is 13.0. The number of rotatable bonds is 7. The molecule has 0 aliphatic heterocycles. The molecule has 0 aromatic heterocycles. The van der Waals surface area contributed by atoms with E-state index in [1.807, 2.05) is 37.3 Å². The van der Waals surface area contributed by atoms with Gasteiger partial charge in [-0.1, -0.05) is 37.3 Å². The molecule has 2 N–H and O–H groups in total. The zero-order chi connectivity index (χ0) is 16.7. The Bertz CT molecular complexity index is 741. The zero-order valence-corrected chi connectivity index (χ0v) is 13.8. The van der Waals surface area contributed by atoms with Crippen molar-refractivity contribution in [3.63, 3.8) is 0 Å². The van der Waals surface area contributed by atoms with Gasteiger partial charge in [0.2, 0.25) is 10.0 Å². The fraction of sp³-hybridized carbons (Fsp3) is 0.235. The summed E-state index contributed by atoms with van der Waals surface area (Å²) in [6.45, 7) is 2.79. The SMILES string of the molecule is CCCNC(=O)c1ccc(S(=O)(=O)NCc2ccccc2)cc1. The average molecular weight is 332 g/mol. The van der Waals surface area contributed by atoms with E-state index in [0.717, 1.165) is 12.0 Å². The molecule has 5 nitrogen and oxygen atoms in total. The van der Waals surface area contributed by atoms with E-state index in [-0.39, 0.29) is 17.3 Å². The minimum absolute atomic E-state index is 0.139. The summed E-state index contributed by atoms with van der Waals surface area (Å²) in [6, 6.07) is 15.2. The van der Waals surface area contributed by atoms with Crippen LogP contribution in [-0.2, 0) is 16.6 Å². The summed E-state index contributed by atoms with van der Waals surface area (Å²) >= 11 is 0. The van der Waals surface area contributed by atoms with Crippen molar-refractivity contribution >= 4 is 15.9 Å². The van der Waals surface area contributed by atoms with E-state index in [1.165, 1.54) is 24.3 Å². The molecule has 0 saturated heterocycles. The van der Waals surface area contributed by atoms with Crippen LogP contribution in [0, 0.1) is 0 Å². The average Bonchev–Trinajstić information content (AvgIpc) is 2.59. The van der Waals surface area contributed by atoms with Crippen LogP contribution < -0.4 is 10.0 Å². The lowest BCUT2D eigenvalue weighted by Gasteiger charge is -2.08. The summed E-state index contributed by atoms with van der Waals surface area (Å²) in [5.41, 5.74) is 1.33. The smallest absolute Gasteiger partial charge is 0.251 e. The van der Waals surface area contributed by atoms with Gasteiger partial charge in [0.15, 0.2) is 0 Å². The van der Waals surface area contributed by atoms with Gasteiger partial charge in [-0.25, -0.2) is 13.1 Å². The second kappa shape index (κ2) is 7.89. The van der Waals surface area contributed by atoms with Gasteiger partial charge >= 0.3 is 0 Å². The number of sulfonamides is 1. The van der Waals surface area contributed by atoms with Gasteiger partial charge in [0.25, 0.3) is 5.91 Å². The lowest BCUT2D eigenvalue weighted by atomic mass is 10.2. The van der Waals surface area contributed by atoms with Crippen molar-refractivity contribution in [2.24, 2.45) is 0 Å². The Kier molecular flexibility index (Phi) is 5.90. The van der Waals surface area contributed by atoms with Gasteiger partial charge < -0.3 is 5.32 Å². The van der Waals surface area contributed by atoms with Crippen LogP contribution in [0.5, 0.6) is 0 Å². The van der Waals surface area contributed by atoms with Gasteiger partial charge in [0, 0.05) is 18.7 Å². The van der Waals surface area contributed by atoms with Crippen LogP contribution in [0.25, 0.3) is 0 Å². The van der Waals surface area contributed by atoms with Gasteiger partial charge in [-0.05, 0) is 36.2 Å². The van der Waals surface area contributed by atoms with Crippen molar-refractivity contribution in [1.29, 1.82) is 0 Å². The minimum atomic E-state index is -3.60. The van der Waals surface area contributed by atoms with E-state index < -0.39 is 10.0 Å². The second-order valence-corrected chi connectivity index (χ2v) is 6.86. The van der Waals surface area contributed by atoms with Crippen LogP contribution in [0.4, 0.5) is 0 Å². The van der Waals surface area contributed by atoms with E-state index in [0.29, 0.717) is 12.1 Å². The molecular formula is C17H20N2O3S. The fourth-order valence-corrected chi connectivity index (χ4v) is 3.00. The number of benzene rings is 2. The lowest BCUT2D eigenvalue weighted by molar-refractivity contribution is 0.0953. The summed E-state index contributed by atoms with van der Waals surface area (Å²) in [6.07, 6.45) is 0.849. The van der Waals surface area contributed by atoms with Crippen molar-refractivity contribution < 1.29 is 13.2 Å². The van der Waals surface area contributed by atoms with Gasteiger partial charge in [-0.3, -0.25) is 4.79 Å². The molecule has 0 aliphatic carbocycles. The summed E-state index contributed by atoms with van der Waals surface area (Å²) < 4.78 is 27.0. The number of hydrogen-bond acceptors (Lipinski definition) is 3. The number of carbonyl (C=O) groups excluding carboxylic acids is 1. The van der Waals surface area contributed by atoms with Crippen LogP contribution in [0.1, 0.15) is 29.3 Å². The Morgan fingerprint density at radius 1 is 1.00 bits per heavy atom. The van der Waals surface area contributed by atoms with Crippen molar-refractivity contribution in [3.05, 3.63) is 65.7 Å². The van der Waals surface area contributed by atoms with Crippen LogP contribution in [0.2, 0.25) is 0 Å². The number of amides is 1. The van der Waals surface area contributed by atoms with E-state index in [9.17, 15) is 13.2 Å². The topological polar surface area (TPSA) is 75.3 Å². The Morgan fingerprint density at radius 3 is 2.26 bits per heavy atom. The first-order chi connectivity index (χ1) is 11.0. The molecule has 0 fully saturated rings. The number of nitrogens with one attached hydrogen (secondary N) is 2. The molecular weight excluding hydrogens is 312 g/mol. The highest BCUT2D eigenvalue weighted by Crippen LogP contribution is 2.11. The molecule has 6 heteroatoms. The van der Waals surface area contributed by atoms with Gasteiger partial charge in [0.05, 0.1) is 4.90 Å². The number of hydrogen-bond donors (Lipinski definition) is 2. The summed E-state index contributed by atoms with van der Waals surface area (Å²) in [7, 11) is -3.60. The highest BCUT2D eigenvalue weighted by Gasteiger charge is 2.14.